The molecule has 1 atom stereocenters. The monoisotopic (exact) mass is 437 g/mol. The summed E-state index contributed by atoms with van der Waals surface area (Å²) >= 11 is 0. The van der Waals surface area contributed by atoms with E-state index in [-0.39, 0.29) is 19.8 Å². The van der Waals surface area contributed by atoms with Gasteiger partial charge in [0.25, 0.3) is 0 Å². The van der Waals surface area contributed by atoms with Crippen LogP contribution in [0.15, 0.2) is 60.7 Å². The van der Waals surface area contributed by atoms with E-state index in [1.54, 1.807) is 0 Å². The van der Waals surface area contributed by atoms with Gasteiger partial charge in [-0.1, -0.05) is 42.5 Å². The van der Waals surface area contributed by atoms with Crippen molar-refractivity contribution in [3.8, 4) is 16.9 Å². The number of β-amino-alcohol motifs (C(OH)–C–C–N with tert-alkyl or cyclic N) is 1. The van der Waals surface area contributed by atoms with Gasteiger partial charge in [0.2, 0.25) is 0 Å². The van der Waals surface area contributed by atoms with Gasteiger partial charge in [-0.2, -0.15) is 0 Å². The van der Waals surface area contributed by atoms with E-state index in [4.69, 9.17) is 4.74 Å². The van der Waals surface area contributed by atoms with Gasteiger partial charge < -0.3 is 30.1 Å². The zero-order valence-corrected chi connectivity index (χ0v) is 18.2. The first kappa shape index (κ1) is 22.7. The lowest BCUT2D eigenvalue weighted by Gasteiger charge is -2.37. The van der Waals surface area contributed by atoms with Crippen LogP contribution in [0.1, 0.15) is 18.4 Å². The highest BCUT2D eigenvalue weighted by molar-refractivity contribution is 5.88. The van der Waals surface area contributed by atoms with Crippen molar-refractivity contribution in [1.82, 2.24) is 4.90 Å². The van der Waals surface area contributed by atoms with E-state index in [0.29, 0.717) is 38.2 Å². The van der Waals surface area contributed by atoms with Crippen LogP contribution in [0.2, 0.25) is 0 Å². The smallest absolute Gasteiger partial charge is 0.120 e. The first-order valence-electron chi connectivity index (χ1n) is 11.1. The van der Waals surface area contributed by atoms with Crippen molar-refractivity contribution in [3.63, 3.8) is 0 Å². The third-order valence-corrected chi connectivity index (χ3v) is 6.30. The van der Waals surface area contributed by atoms with Gasteiger partial charge in [-0.05, 0) is 58.5 Å². The molecule has 32 heavy (non-hydrogen) atoms. The summed E-state index contributed by atoms with van der Waals surface area (Å²) in [4.78, 5) is 2.09. The Morgan fingerprint density at radius 2 is 1.66 bits per heavy atom. The fourth-order valence-electron chi connectivity index (χ4n) is 4.27. The number of rotatable bonds is 8. The molecule has 0 bridgehead atoms. The van der Waals surface area contributed by atoms with Gasteiger partial charge in [-0.3, -0.25) is 0 Å². The normalized spacial score (nSPS) is 17.4. The van der Waals surface area contributed by atoms with Crippen LogP contribution < -0.4 is 4.74 Å². The maximum absolute atomic E-state index is 10.4. The van der Waals surface area contributed by atoms with Crippen molar-refractivity contribution in [2.24, 2.45) is 0 Å². The third-order valence-electron chi connectivity index (χ3n) is 6.30. The Hall–Kier alpha value is -2.48. The first-order chi connectivity index (χ1) is 15.5. The lowest BCUT2D eigenvalue weighted by molar-refractivity contribution is -0.0656. The summed E-state index contributed by atoms with van der Waals surface area (Å²) in [5.74, 6) is 0.702. The molecule has 1 saturated heterocycles. The van der Waals surface area contributed by atoms with Gasteiger partial charge >= 0.3 is 0 Å². The molecule has 0 radical (unpaired) electrons. The zero-order chi connectivity index (χ0) is 22.6. The average molecular weight is 438 g/mol. The number of nitrogens with zero attached hydrogens (tertiary/aromatic N) is 1. The predicted molar refractivity (Wildman–Crippen MR) is 125 cm³/mol. The Bertz CT molecular complexity index is 1050. The Morgan fingerprint density at radius 3 is 2.41 bits per heavy atom. The average Bonchev–Trinajstić information content (AvgIpc) is 2.84. The Labute approximate surface area is 188 Å². The molecule has 0 aromatic heterocycles. The molecule has 1 fully saturated rings. The van der Waals surface area contributed by atoms with Crippen molar-refractivity contribution in [3.05, 3.63) is 66.2 Å². The minimum Gasteiger partial charge on any atom is -0.491 e. The van der Waals surface area contributed by atoms with Crippen LogP contribution in [0.3, 0.4) is 0 Å². The summed E-state index contributed by atoms with van der Waals surface area (Å²) in [6, 6.07) is 19.9. The van der Waals surface area contributed by atoms with E-state index in [1.807, 2.05) is 54.6 Å². The number of ether oxygens (including phenoxy) is 1. The molecule has 0 saturated carbocycles. The van der Waals surface area contributed by atoms with E-state index in [2.05, 4.69) is 11.0 Å². The van der Waals surface area contributed by atoms with Crippen molar-refractivity contribution in [2.75, 3.05) is 32.8 Å². The molecule has 6 heteroatoms. The van der Waals surface area contributed by atoms with Crippen LogP contribution in [-0.4, -0.2) is 69.9 Å². The zero-order valence-electron chi connectivity index (χ0n) is 18.2. The second-order valence-electron chi connectivity index (χ2n) is 8.69. The van der Waals surface area contributed by atoms with Crippen LogP contribution >= 0.6 is 0 Å². The van der Waals surface area contributed by atoms with E-state index in [9.17, 15) is 20.4 Å². The van der Waals surface area contributed by atoms with Crippen LogP contribution in [0, 0.1) is 0 Å². The molecule has 1 aliphatic rings. The van der Waals surface area contributed by atoms with Crippen LogP contribution in [0.5, 0.6) is 5.75 Å². The fraction of sp³-hybridized carbons (Fsp3) is 0.385. The van der Waals surface area contributed by atoms with Crippen molar-refractivity contribution < 1.29 is 25.2 Å². The number of benzene rings is 3. The molecule has 1 heterocycles. The van der Waals surface area contributed by atoms with Crippen molar-refractivity contribution >= 4 is 10.8 Å². The van der Waals surface area contributed by atoms with E-state index in [1.165, 1.54) is 0 Å². The molecule has 0 aliphatic carbocycles. The highest BCUT2D eigenvalue weighted by Crippen LogP contribution is 2.29. The lowest BCUT2D eigenvalue weighted by atomic mass is 9.92. The third kappa shape index (κ3) is 5.28. The van der Waals surface area contributed by atoms with Gasteiger partial charge in [0.1, 0.15) is 18.5 Å². The van der Waals surface area contributed by atoms with E-state index in [0.717, 1.165) is 27.5 Å². The van der Waals surface area contributed by atoms with E-state index < -0.39 is 11.7 Å². The van der Waals surface area contributed by atoms with Crippen molar-refractivity contribution in [2.45, 2.75) is 31.2 Å². The van der Waals surface area contributed by atoms with Gasteiger partial charge in [0.15, 0.2) is 0 Å². The molecular weight excluding hydrogens is 406 g/mol. The first-order valence-corrected chi connectivity index (χ1v) is 11.1. The minimum atomic E-state index is -0.983. The number of hydrogen-bond donors (Lipinski definition) is 4. The number of fused-ring (bicyclic) bond motifs is 1. The van der Waals surface area contributed by atoms with Crippen LogP contribution in [-0.2, 0) is 6.61 Å². The highest BCUT2D eigenvalue weighted by atomic mass is 16.5. The summed E-state index contributed by atoms with van der Waals surface area (Å²) in [6.45, 7) is 1.74. The van der Waals surface area contributed by atoms with Gasteiger partial charge in [-0.25, -0.2) is 0 Å². The van der Waals surface area contributed by atoms with Gasteiger partial charge in [-0.15, -0.1) is 0 Å². The lowest BCUT2D eigenvalue weighted by Crippen LogP contribution is -2.48. The quantitative estimate of drug-likeness (QED) is 0.433. The molecule has 4 rings (SSSR count). The largest absolute Gasteiger partial charge is 0.491 e. The fourth-order valence-corrected chi connectivity index (χ4v) is 4.27. The number of likely N-dealkylation sites (tertiary alicyclic amines) is 1. The summed E-state index contributed by atoms with van der Waals surface area (Å²) in [5, 5.41) is 41.5. The summed E-state index contributed by atoms with van der Waals surface area (Å²) in [6.07, 6.45) is 0.377. The molecule has 3 aromatic carbocycles. The Balaban J connectivity index is 1.36. The Kier molecular flexibility index (Phi) is 7.08. The summed E-state index contributed by atoms with van der Waals surface area (Å²) in [5.41, 5.74) is 2.00. The van der Waals surface area contributed by atoms with Crippen LogP contribution in [0.4, 0.5) is 0 Å². The maximum atomic E-state index is 10.4. The molecule has 0 amide bonds. The van der Waals surface area contributed by atoms with E-state index >= 15 is 0 Å². The van der Waals surface area contributed by atoms with Crippen LogP contribution in [0.25, 0.3) is 21.9 Å². The molecule has 3 aromatic rings. The molecule has 1 unspecified atom stereocenters. The number of piperidine rings is 1. The minimum absolute atomic E-state index is 0.00303. The molecule has 0 spiro atoms. The molecule has 1 aliphatic heterocycles. The SMILES string of the molecule is OCc1ccccc1-c1ccc2cc(OCC(O)CN3CCC(O)(CO)CC3)ccc2c1. The number of aliphatic hydroxyl groups is 4. The molecule has 4 N–H and O–H groups in total. The molecule has 170 valence electrons. The second-order valence-corrected chi connectivity index (χ2v) is 8.69. The van der Waals surface area contributed by atoms with Crippen molar-refractivity contribution in [1.29, 1.82) is 0 Å². The van der Waals surface area contributed by atoms with Gasteiger partial charge in [0.05, 0.1) is 18.8 Å². The summed E-state index contributed by atoms with van der Waals surface area (Å²) < 4.78 is 5.83. The highest BCUT2D eigenvalue weighted by Gasteiger charge is 2.32. The van der Waals surface area contributed by atoms with Gasteiger partial charge in [0, 0.05) is 19.6 Å². The number of hydrogen-bond acceptors (Lipinski definition) is 6. The molecule has 6 nitrogen and oxygen atoms in total. The number of aliphatic hydroxyl groups excluding tert-OH is 3. The second kappa shape index (κ2) is 9.98. The standard InChI is InChI=1S/C26H31NO5/c28-16-22-3-1-2-4-25(22)21-6-5-20-14-24(8-7-19(20)13-21)32-17-23(30)15-27-11-9-26(31,18-29)10-12-27/h1-8,13-14,23,28-31H,9-12,15-18H2. The maximum Gasteiger partial charge on any atom is 0.120 e. The predicted octanol–water partition coefficient (Wildman–Crippen LogP) is 2.56. The Morgan fingerprint density at radius 1 is 0.938 bits per heavy atom. The summed E-state index contributed by atoms with van der Waals surface area (Å²) in [7, 11) is 0. The topological polar surface area (TPSA) is 93.4 Å². The molecular formula is C26H31NO5.